The maximum absolute atomic E-state index is 9.52. The van der Waals surface area contributed by atoms with Crippen LogP contribution in [-0.2, 0) is 0 Å². The fourth-order valence-electron chi connectivity index (χ4n) is 1.82. The van der Waals surface area contributed by atoms with Crippen LogP contribution in [0.15, 0.2) is 12.7 Å². The third kappa shape index (κ3) is 2.61. The molecule has 0 amide bonds. The maximum atomic E-state index is 9.52. The molecule has 0 aromatic carbocycles. The number of nitrogens with one attached hydrogen (secondary N) is 1. The van der Waals surface area contributed by atoms with Gasteiger partial charge in [-0.2, -0.15) is 0 Å². The SMILES string of the molecule is C=CCC(C)N[C@@H]1CCC[C@H]1O. The Morgan fingerprint density at radius 2 is 2.42 bits per heavy atom. The molecule has 0 aliphatic heterocycles. The Bertz CT molecular complexity index is 147. The van der Waals surface area contributed by atoms with Gasteiger partial charge in [-0.15, -0.1) is 6.58 Å². The van der Waals surface area contributed by atoms with Gasteiger partial charge in [-0.25, -0.2) is 0 Å². The van der Waals surface area contributed by atoms with Crippen LogP contribution in [-0.4, -0.2) is 23.3 Å². The quantitative estimate of drug-likeness (QED) is 0.624. The van der Waals surface area contributed by atoms with E-state index >= 15 is 0 Å². The minimum absolute atomic E-state index is 0.128. The van der Waals surface area contributed by atoms with E-state index in [1.54, 1.807) is 0 Å². The van der Waals surface area contributed by atoms with Gasteiger partial charge in [0, 0.05) is 12.1 Å². The third-order valence-corrected chi connectivity index (χ3v) is 2.50. The summed E-state index contributed by atoms with van der Waals surface area (Å²) in [6.07, 6.45) is 5.99. The minimum atomic E-state index is -0.128. The molecule has 0 radical (unpaired) electrons. The van der Waals surface area contributed by atoms with Crippen molar-refractivity contribution in [2.75, 3.05) is 0 Å². The van der Waals surface area contributed by atoms with Crippen molar-refractivity contribution in [3.8, 4) is 0 Å². The molecule has 1 saturated carbocycles. The van der Waals surface area contributed by atoms with E-state index in [1.165, 1.54) is 0 Å². The Balaban J connectivity index is 2.24. The van der Waals surface area contributed by atoms with E-state index in [1.807, 2.05) is 6.08 Å². The van der Waals surface area contributed by atoms with Crippen LogP contribution in [0.1, 0.15) is 32.6 Å². The third-order valence-electron chi connectivity index (χ3n) is 2.50. The summed E-state index contributed by atoms with van der Waals surface area (Å²) in [5.41, 5.74) is 0. The molecule has 0 aromatic heterocycles. The van der Waals surface area contributed by atoms with E-state index in [-0.39, 0.29) is 6.10 Å². The van der Waals surface area contributed by atoms with E-state index in [0.717, 1.165) is 25.7 Å². The monoisotopic (exact) mass is 169 g/mol. The van der Waals surface area contributed by atoms with Gasteiger partial charge < -0.3 is 10.4 Å². The molecule has 0 saturated heterocycles. The Morgan fingerprint density at radius 1 is 1.67 bits per heavy atom. The largest absolute Gasteiger partial charge is 0.392 e. The van der Waals surface area contributed by atoms with Crippen LogP contribution in [0.25, 0.3) is 0 Å². The molecule has 2 N–H and O–H groups in total. The molecule has 2 heteroatoms. The summed E-state index contributed by atoms with van der Waals surface area (Å²) < 4.78 is 0. The summed E-state index contributed by atoms with van der Waals surface area (Å²) in [5, 5.41) is 12.9. The van der Waals surface area contributed by atoms with Gasteiger partial charge in [0.2, 0.25) is 0 Å². The molecule has 70 valence electrons. The fourth-order valence-corrected chi connectivity index (χ4v) is 1.82. The summed E-state index contributed by atoms with van der Waals surface area (Å²) in [6, 6.07) is 0.764. The molecule has 3 atom stereocenters. The summed E-state index contributed by atoms with van der Waals surface area (Å²) in [7, 11) is 0. The Labute approximate surface area is 74.7 Å². The van der Waals surface area contributed by atoms with Crippen molar-refractivity contribution < 1.29 is 5.11 Å². The van der Waals surface area contributed by atoms with Crippen molar-refractivity contribution in [3.05, 3.63) is 12.7 Å². The second-order valence-electron chi connectivity index (χ2n) is 3.70. The second-order valence-corrected chi connectivity index (χ2v) is 3.70. The molecule has 0 heterocycles. The van der Waals surface area contributed by atoms with Crippen molar-refractivity contribution in [2.24, 2.45) is 0 Å². The molecule has 12 heavy (non-hydrogen) atoms. The van der Waals surface area contributed by atoms with Gasteiger partial charge in [0.1, 0.15) is 0 Å². The highest BCUT2D eigenvalue weighted by atomic mass is 16.3. The zero-order valence-electron chi connectivity index (χ0n) is 7.79. The smallest absolute Gasteiger partial charge is 0.0693 e. The Morgan fingerprint density at radius 3 is 2.92 bits per heavy atom. The number of hydrogen-bond donors (Lipinski definition) is 2. The molecular formula is C10H19NO. The summed E-state index contributed by atoms with van der Waals surface area (Å²) >= 11 is 0. The molecule has 0 spiro atoms. The average Bonchev–Trinajstić information content (AvgIpc) is 2.37. The minimum Gasteiger partial charge on any atom is -0.392 e. The fraction of sp³-hybridized carbons (Fsp3) is 0.800. The first-order chi connectivity index (χ1) is 5.74. The molecular weight excluding hydrogens is 150 g/mol. The average molecular weight is 169 g/mol. The van der Waals surface area contributed by atoms with Crippen LogP contribution >= 0.6 is 0 Å². The van der Waals surface area contributed by atoms with Crippen molar-refractivity contribution >= 4 is 0 Å². The van der Waals surface area contributed by atoms with Gasteiger partial charge in [-0.05, 0) is 32.6 Å². The molecule has 1 unspecified atom stereocenters. The Kier molecular flexibility index (Phi) is 3.76. The van der Waals surface area contributed by atoms with E-state index in [4.69, 9.17) is 0 Å². The molecule has 1 fully saturated rings. The Hall–Kier alpha value is -0.340. The lowest BCUT2D eigenvalue weighted by Crippen LogP contribution is -2.40. The normalized spacial score (nSPS) is 31.8. The van der Waals surface area contributed by atoms with Gasteiger partial charge in [0.05, 0.1) is 6.10 Å². The number of hydrogen-bond acceptors (Lipinski definition) is 2. The highest BCUT2D eigenvalue weighted by Crippen LogP contribution is 2.19. The number of rotatable bonds is 4. The molecule has 0 bridgehead atoms. The summed E-state index contributed by atoms with van der Waals surface area (Å²) in [5.74, 6) is 0. The van der Waals surface area contributed by atoms with Crippen molar-refractivity contribution in [1.82, 2.24) is 5.32 Å². The van der Waals surface area contributed by atoms with Crippen LogP contribution in [0.4, 0.5) is 0 Å². The zero-order chi connectivity index (χ0) is 8.97. The van der Waals surface area contributed by atoms with Gasteiger partial charge in [0.25, 0.3) is 0 Å². The molecule has 2 nitrogen and oxygen atoms in total. The first-order valence-electron chi connectivity index (χ1n) is 4.79. The number of aliphatic hydroxyl groups is 1. The van der Waals surface area contributed by atoms with Gasteiger partial charge in [0.15, 0.2) is 0 Å². The molecule has 1 aliphatic carbocycles. The molecule has 1 rings (SSSR count). The van der Waals surface area contributed by atoms with E-state index < -0.39 is 0 Å². The zero-order valence-corrected chi connectivity index (χ0v) is 7.79. The lowest BCUT2D eigenvalue weighted by molar-refractivity contribution is 0.144. The molecule has 0 aromatic rings. The van der Waals surface area contributed by atoms with Gasteiger partial charge in [-0.1, -0.05) is 6.08 Å². The van der Waals surface area contributed by atoms with Crippen LogP contribution in [0.5, 0.6) is 0 Å². The van der Waals surface area contributed by atoms with Crippen molar-refractivity contribution in [2.45, 2.75) is 50.8 Å². The van der Waals surface area contributed by atoms with Gasteiger partial charge in [-0.3, -0.25) is 0 Å². The van der Waals surface area contributed by atoms with Crippen LogP contribution in [0.2, 0.25) is 0 Å². The van der Waals surface area contributed by atoms with E-state index in [9.17, 15) is 5.11 Å². The van der Waals surface area contributed by atoms with Crippen molar-refractivity contribution in [1.29, 1.82) is 0 Å². The maximum Gasteiger partial charge on any atom is 0.0693 e. The topological polar surface area (TPSA) is 32.3 Å². The van der Waals surface area contributed by atoms with Gasteiger partial charge >= 0.3 is 0 Å². The summed E-state index contributed by atoms with van der Waals surface area (Å²) in [4.78, 5) is 0. The van der Waals surface area contributed by atoms with E-state index in [0.29, 0.717) is 12.1 Å². The highest BCUT2D eigenvalue weighted by Gasteiger charge is 2.25. The highest BCUT2D eigenvalue weighted by molar-refractivity contribution is 4.86. The second kappa shape index (κ2) is 4.63. The lowest BCUT2D eigenvalue weighted by Gasteiger charge is -2.20. The van der Waals surface area contributed by atoms with E-state index in [2.05, 4.69) is 18.8 Å². The van der Waals surface area contributed by atoms with Crippen LogP contribution in [0, 0.1) is 0 Å². The first kappa shape index (κ1) is 9.75. The predicted octanol–water partition coefficient (Wildman–Crippen LogP) is 1.45. The summed E-state index contributed by atoms with van der Waals surface area (Å²) in [6.45, 7) is 5.82. The van der Waals surface area contributed by atoms with Crippen LogP contribution < -0.4 is 5.32 Å². The molecule has 1 aliphatic rings. The van der Waals surface area contributed by atoms with Crippen LogP contribution in [0.3, 0.4) is 0 Å². The lowest BCUT2D eigenvalue weighted by atomic mass is 10.1. The predicted molar refractivity (Wildman–Crippen MR) is 51.1 cm³/mol. The van der Waals surface area contributed by atoms with Crippen molar-refractivity contribution in [3.63, 3.8) is 0 Å². The first-order valence-corrected chi connectivity index (χ1v) is 4.79. The standard InChI is InChI=1S/C10H19NO/c1-3-5-8(2)11-9-6-4-7-10(9)12/h3,8-12H,1,4-7H2,2H3/t8?,9-,10-/m1/s1. The number of aliphatic hydroxyl groups excluding tert-OH is 1.